The van der Waals surface area contributed by atoms with E-state index in [1.165, 1.54) is 12.4 Å². The fourth-order valence-corrected chi connectivity index (χ4v) is 4.09. The molecule has 1 fully saturated rings. The molecule has 0 saturated carbocycles. The van der Waals surface area contributed by atoms with E-state index in [2.05, 4.69) is 10.1 Å². The van der Waals surface area contributed by atoms with Gasteiger partial charge in [-0.1, -0.05) is 19.1 Å². The van der Waals surface area contributed by atoms with Crippen molar-refractivity contribution in [2.75, 3.05) is 18.8 Å². The lowest BCUT2D eigenvalue weighted by atomic mass is 10.0. The first-order valence-electron chi connectivity index (χ1n) is 7.98. The summed E-state index contributed by atoms with van der Waals surface area (Å²) in [6.07, 6.45) is 4.89. The van der Waals surface area contributed by atoms with E-state index in [4.69, 9.17) is 0 Å². The zero-order valence-electron chi connectivity index (χ0n) is 13.5. The van der Waals surface area contributed by atoms with Crippen LogP contribution in [0.3, 0.4) is 0 Å². The quantitative estimate of drug-likeness (QED) is 0.837. The minimum absolute atomic E-state index is 0.0289. The predicted octanol–water partition coefficient (Wildman–Crippen LogP) is 1.55. The van der Waals surface area contributed by atoms with Crippen LogP contribution >= 0.6 is 0 Å². The Bertz CT molecular complexity index is 818. The van der Waals surface area contributed by atoms with Gasteiger partial charge in [0, 0.05) is 13.1 Å². The van der Waals surface area contributed by atoms with Gasteiger partial charge in [-0.2, -0.15) is 5.10 Å². The van der Waals surface area contributed by atoms with Gasteiger partial charge in [-0.3, -0.25) is 4.79 Å². The van der Waals surface area contributed by atoms with Gasteiger partial charge in [-0.05, 0) is 25.0 Å². The molecule has 3 rings (SSSR count). The molecule has 128 valence electrons. The fraction of sp³-hybridized carbons (Fsp3) is 0.438. The van der Waals surface area contributed by atoms with E-state index in [1.54, 1.807) is 41.0 Å². The van der Waals surface area contributed by atoms with Gasteiger partial charge < -0.3 is 4.90 Å². The lowest BCUT2D eigenvalue weighted by Gasteiger charge is -2.33. The van der Waals surface area contributed by atoms with E-state index >= 15 is 0 Å². The van der Waals surface area contributed by atoms with Crippen molar-refractivity contribution in [3.63, 3.8) is 0 Å². The second-order valence-electron chi connectivity index (χ2n) is 5.82. The van der Waals surface area contributed by atoms with Crippen LogP contribution in [0, 0.1) is 0 Å². The Morgan fingerprint density at radius 1 is 1.33 bits per heavy atom. The van der Waals surface area contributed by atoms with Crippen molar-refractivity contribution in [1.29, 1.82) is 0 Å². The van der Waals surface area contributed by atoms with Crippen LogP contribution in [0.5, 0.6) is 0 Å². The van der Waals surface area contributed by atoms with Gasteiger partial charge >= 0.3 is 0 Å². The fourth-order valence-electron chi connectivity index (χ4n) is 3.00. The summed E-state index contributed by atoms with van der Waals surface area (Å²) in [6.45, 7) is 2.70. The highest BCUT2D eigenvalue weighted by atomic mass is 32.2. The van der Waals surface area contributed by atoms with Crippen LogP contribution in [0.15, 0.2) is 41.8 Å². The Hall–Kier alpha value is -2.22. The Kier molecular flexibility index (Phi) is 4.66. The zero-order valence-corrected chi connectivity index (χ0v) is 14.3. The lowest BCUT2D eigenvalue weighted by molar-refractivity contribution is 0.0669. The SMILES string of the molecule is CCS(=O)(=O)c1ccccc1C(=O)N1CCCC(n2cncn2)C1. The molecule has 1 aliphatic heterocycles. The summed E-state index contributed by atoms with van der Waals surface area (Å²) in [5, 5.41) is 4.15. The second-order valence-corrected chi connectivity index (χ2v) is 8.07. The summed E-state index contributed by atoms with van der Waals surface area (Å²) < 4.78 is 26.3. The normalized spacial score (nSPS) is 18.5. The summed E-state index contributed by atoms with van der Waals surface area (Å²) in [4.78, 5) is 18.7. The molecule has 2 heterocycles. The van der Waals surface area contributed by atoms with E-state index in [0.29, 0.717) is 13.1 Å². The molecule has 1 aromatic heterocycles. The predicted molar refractivity (Wildman–Crippen MR) is 88.4 cm³/mol. The summed E-state index contributed by atoms with van der Waals surface area (Å²) in [6, 6.07) is 6.50. The first-order valence-corrected chi connectivity index (χ1v) is 9.63. The van der Waals surface area contributed by atoms with Crippen molar-refractivity contribution in [3.05, 3.63) is 42.5 Å². The van der Waals surface area contributed by atoms with Gasteiger partial charge in [0.05, 0.1) is 22.3 Å². The zero-order chi connectivity index (χ0) is 17.2. The average molecular weight is 348 g/mol. The molecular formula is C16H20N4O3S. The van der Waals surface area contributed by atoms with Crippen LogP contribution < -0.4 is 0 Å². The molecular weight excluding hydrogens is 328 g/mol. The Morgan fingerprint density at radius 3 is 2.83 bits per heavy atom. The summed E-state index contributed by atoms with van der Waals surface area (Å²) in [7, 11) is -3.44. The molecule has 1 amide bonds. The van der Waals surface area contributed by atoms with Crippen LogP contribution in [0.25, 0.3) is 0 Å². The molecule has 8 heteroatoms. The number of benzene rings is 1. The Balaban J connectivity index is 1.87. The first kappa shape index (κ1) is 16.6. The molecule has 2 aromatic rings. The van der Waals surface area contributed by atoms with Crippen molar-refractivity contribution >= 4 is 15.7 Å². The third-order valence-electron chi connectivity index (χ3n) is 4.33. The number of amides is 1. The molecule has 1 aromatic carbocycles. The average Bonchev–Trinajstić information content (AvgIpc) is 3.16. The van der Waals surface area contributed by atoms with Gasteiger partial charge in [0.15, 0.2) is 9.84 Å². The maximum absolute atomic E-state index is 12.9. The first-order chi connectivity index (χ1) is 11.5. The van der Waals surface area contributed by atoms with Crippen LogP contribution in [0.2, 0.25) is 0 Å². The van der Waals surface area contributed by atoms with E-state index in [9.17, 15) is 13.2 Å². The number of likely N-dealkylation sites (tertiary alicyclic amines) is 1. The maximum Gasteiger partial charge on any atom is 0.255 e. The Labute approximate surface area is 141 Å². The van der Waals surface area contributed by atoms with Gasteiger partial charge in [-0.15, -0.1) is 0 Å². The summed E-state index contributed by atoms with van der Waals surface area (Å²) >= 11 is 0. The second kappa shape index (κ2) is 6.72. The van der Waals surface area contributed by atoms with Crippen molar-refractivity contribution in [1.82, 2.24) is 19.7 Å². The van der Waals surface area contributed by atoms with Crippen molar-refractivity contribution in [2.24, 2.45) is 0 Å². The Morgan fingerprint density at radius 2 is 2.12 bits per heavy atom. The van der Waals surface area contributed by atoms with Crippen LogP contribution in [-0.2, 0) is 9.84 Å². The topological polar surface area (TPSA) is 85.2 Å². The highest BCUT2D eigenvalue weighted by Crippen LogP contribution is 2.24. The third kappa shape index (κ3) is 3.19. The number of nitrogens with zero attached hydrogens (tertiary/aromatic N) is 4. The molecule has 0 radical (unpaired) electrons. The van der Waals surface area contributed by atoms with Gasteiger partial charge in [0.25, 0.3) is 5.91 Å². The van der Waals surface area contributed by atoms with Gasteiger partial charge in [0.1, 0.15) is 12.7 Å². The highest BCUT2D eigenvalue weighted by Gasteiger charge is 2.29. The van der Waals surface area contributed by atoms with Crippen LogP contribution in [-0.4, -0.2) is 52.8 Å². The molecule has 7 nitrogen and oxygen atoms in total. The molecule has 0 aliphatic carbocycles. The number of carbonyl (C=O) groups is 1. The van der Waals surface area contributed by atoms with Crippen LogP contribution in [0.1, 0.15) is 36.2 Å². The van der Waals surface area contributed by atoms with Crippen molar-refractivity contribution in [3.8, 4) is 0 Å². The largest absolute Gasteiger partial charge is 0.336 e. The lowest BCUT2D eigenvalue weighted by Crippen LogP contribution is -2.41. The standard InChI is InChI=1S/C16H20N4O3S/c1-2-24(22,23)15-8-4-3-7-14(15)16(21)19-9-5-6-13(10-19)20-12-17-11-18-20/h3-4,7-8,11-13H,2,5-6,9-10H2,1H3. The summed E-state index contributed by atoms with van der Waals surface area (Å²) in [5.74, 6) is -0.272. The van der Waals surface area contributed by atoms with Crippen molar-refractivity contribution in [2.45, 2.75) is 30.7 Å². The van der Waals surface area contributed by atoms with Gasteiger partial charge in [-0.25, -0.2) is 18.1 Å². The molecule has 1 saturated heterocycles. The molecule has 1 atom stereocenters. The van der Waals surface area contributed by atoms with Crippen molar-refractivity contribution < 1.29 is 13.2 Å². The van der Waals surface area contributed by atoms with E-state index < -0.39 is 9.84 Å². The van der Waals surface area contributed by atoms with Gasteiger partial charge in [0.2, 0.25) is 0 Å². The molecule has 0 N–H and O–H groups in total. The molecule has 0 spiro atoms. The molecule has 24 heavy (non-hydrogen) atoms. The smallest absolute Gasteiger partial charge is 0.255 e. The van der Waals surface area contributed by atoms with E-state index in [0.717, 1.165) is 12.8 Å². The number of piperidine rings is 1. The molecule has 0 bridgehead atoms. The minimum atomic E-state index is -3.44. The molecule has 1 aliphatic rings. The number of sulfone groups is 1. The molecule has 1 unspecified atom stereocenters. The van der Waals surface area contributed by atoms with Crippen LogP contribution in [0.4, 0.5) is 0 Å². The third-order valence-corrected chi connectivity index (χ3v) is 6.11. The monoisotopic (exact) mass is 348 g/mol. The van der Waals surface area contributed by atoms with E-state index in [-0.39, 0.29) is 28.2 Å². The van der Waals surface area contributed by atoms with E-state index in [1.807, 2.05) is 0 Å². The number of hydrogen-bond donors (Lipinski definition) is 0. The number of hydrogen-bond acceptors (Lipinski definition) is 5. The number of aromatic nitrogens is 3. The highest BCUT2D eigenvalue weighted by molar-refractivity contribution is 7.91. The minimum Gasteiger partial charge on any atom is -0.336 e. The number of rotatable bonds is 4. The number of carbonyl (C=O) groups excluding carboxylic acids is 1. The maximum atomic E-state index is 12.9. The summed E-state index contributed by atoms with van der Waals surface area (Å²) in [5.41, 5.74) is 0.249.